The van der Waals surface area contributed by atoms with Crippen molar-refractivity contribution >= 4 is 29.2 Å². The SMILES string of the molecule is CC(NC(=NCc1ccc([N+](=O)[O-])cc1)NCC(=O)N(C)C)c1ccccc1Cl. The molecule has 1 atom stereocenters. The lowest BCUT2D eigenvalue weighted by atomic mass is 10.1. The number of nitro benzene ring substituents is 1. The molecule has 0 radical (unpaired) electrons. The molecule has 2 N–H and O–H groups in total. The monoisotopic (exact) mass is 417 g/mol. The predicted octanol–water partition coefficient (Wildman–Crippen LogP) is 3.13. The van der Waals surface area contributed by atoms with Crippen molar-refractivity contribution in [1.29, 1.82) is 0 Å². The molecule has 0 aromatic heterocycles. The molecule has 0 aliphatic carbocycles. The van der Waals surface area contributed by atoms with Crippen LogP contribution in [0.5, 0.6) is 0 Å². The Morgan fingerprint density at radius 1 is 1.21 bits per heavy atom. The van der Waals surface area contributed by atoms with E-state index in [2.05, 4.69) is 15.6 Å². The molecule has 0 heterocycles. The number of carbonyl (C=O) groups excluding carboxylic acids is 1. The average Bonchev–Trinajstić information content (AvgIpc) is 2.70. The summed E-state index contributed by atoms with van der Waals surface area (Å²) in [7, 11) is 3.36. The van der Waals surface area contributed by atoms with Crippen LogP contribution < -0.4 is 10.6 Å². The van der Waals surface area contributed by atoms with Crippen LogP contribution >= 0.6 is 11.6 Å². The van der Waals surface area contributed by atoms with Gasteiger partial charge in [-0.1, -0.05) is 41.9 Å². The molecule has 8 nitrogen and oxygen atoms in total. The highest BCUT2D eigenvalue weighted by Gasteiger charge is 2.13. The zero-order chi connectivity index (χ0) is 21.4. The van der Waals surface area contributed by atoms with Crippen LogP contribution in [-0.4, -0.2) is 42.3 Å². The number of non-ortho nitro benzene ring substituents is 1. The van der Waals surface area contributed by atoms with Crippen molar-refractivity contribution in [3.8, 4) is 0 Å². The van der Waals surface area contributed by atoms with E-state index in [-0.39, 0.29) is 24.2 Å². The van der Waals surface area contributed by atoms with E-state index in [4.69, 9.17) is 11.6 Å². The molecule has 0 aliphatic heterocycles. The second-order valence-electron chi connectivity index (χ2n) is 6.62. The lowest BCUT2D eigenvalue weighted by Crippen LogP contribution is -2.43. The molecular formula is C20H24ClN5O3. The van der Waals surface area contributed by atoms with Crippen LogP contribution in [0.4, 0.5) is 5.69 Å². The third-order valence-corrected chi connectivity index (χ3v) is 4.54. The third kappa shape index (κ3) is 6.76. The van der Waals surface area contributed by atoms with Crippen LogP contribution in [-0.2, 0) is 11.3 Å². The van der Waals surface area contributed by atoms with Gasteiger partial charge in [-0.3, -0.25) is 14.9 Å². The molecule has 154 valence electrons. The van der Waals surface area contributed by atoms with Crippen LogP contribution in [0.1, 0.15) is 24.1 Å². The number of nitrogens with zero attached hydrogens (tertiary/aromatic N) is 3. The second-order valence-corrected chi connectivity index (χ2v) is 7.02. The lowest BCUT2D eigenvalue weighted by molar-refractivity contribution is -0.384. The fourth-order valence-electron chi connectivity index (χ4n) is 2.47. The Labute approximate surface area is 174 Å². The quantitative estimate of drug-likeness (QED) is 0.312. The first-order valence-corrected chi connectivity index (χ1v) is 9.38. The number of hydrogen-bond donors (Lipinski definition) is 2. The van der Waals surface area contributed by atoms with E-state index in [9.17, 15) is 14.9 Å². The highest BCUT2D eigenvalue weighted by Crippen LogP contribution is 2.22. The third-order valence-electron chi connectivity index (χ3n) is 4.20. The molecule has 1 amide bonds. The Hall–Kier alpha value is -3.13. The summed E-state index contributed by atoms with van der Waals surface area (Å²) in [5, 5.41) is 17.7. The maximum atomic E-state index is 11.9. The molecule has 1 unspecified atom stereocenters. The molecule has 2 aromatic carbocycles. The van der Waals surface area contributed by atoms with Gasteiger partial charge in [0.25, 0.3) is 5.69 Å². The lowest BCUT2D eigenvalue weighted by Gasteiger charge is -2.20. The summed E-state index contributed by atoms with van der Waals surface area (Å²) in [6.07, 6.45) is 0. The molecule has 2 aromatic rings. The molecule has 0 saturated carbocycles. The van der Waals surface area contributed by atoms with Crippen LogP contribution in [0.15, 0.2) is 53.5 Å². The first-order valence-electron chi connectivity index (χ1n) is 9.00. The summed E-state index contributed by atoms with van der Waals surface area (Å²) >= 11 is 6.27. The standard InChI is InChI=1S/C20H24ClN5O3/c1-14(17-6-4-5-7-18(17)21)24-20(23-13-19(27)25(2)3)22-12-15-8-10-16(11-9-15)26(28)29/h4-11,14H,12-13H2,1-3H3,(H2,22,23,24). The number of nitro groups is 1. The Balaban J connectivity index is 2.14. The van der Waals surface area contributed by atoms with Gasteiger partial charge in [0.2, 0.25) is 5.91 Å². The van der Waals surface area contributed by atoms with Crippen LogP contribution in [0.2, 0.25) is 5.02 Å². The van der Waals surface area contributed by atoms with Crippen LogP contribution in [0, 0.1) is 10.1 Å². The number of guanidine groups is 1. The summed E-state index contributed by atoms with van der Waals surface area (Å²) < 4.78 is 0. The fourth-order valence-corrected chi connectivity index (χ4v) is 2.77. The van der Waals surface area contributed by atoms with Gasteiger partial charge in [0.15, 0.2) is 5.96 Å². The predicted molar refractivity (Wildman–Crippen MR) is 114 cm³/mol. The molecule has 9 heteroatoms. The molecule has 0 aliphatic rings. The minimum Gasteiger partial charge on any atom is -0.350 e. The van der Waals surface area contributed by atoms with E-state index >= 15 is 0 Å². The van der Waals surface area contributed by atoms with Gasteiger partial charge >= 0.3 is 0 Å². The van der Waals surface area contributed by atoms with E-state index in [1.807, 2.05) is 31.2 Å². The summed E-state index contributed by atoms with van der Waals surface area (Å²) in [5.74, 6) is 0.339. The number of likely N-dealkylation sites (N-methyl/N-ethyl adjacent to an activating group) is 1. The summed E-state index contributed by atoms with van der Waals surface area (Å²) in [6.45, 7) is 2.31. The smallest absolute Gasteiger partial charge is 0.269 e. The molecular weight excluding hydrogens is 394 g/mol. The molecule has 29 heavy (non-hydrogen) atoms. The average molecular weight is 418 g/mol. The topological polar surface area (TPSA) is 99.9 Å². The van der Waals surface area contributed by atoms with E-state index in [1.165, 1.54) is 17.0 Å². The number of hydrogen-bond acceptors (Lipinski definition) is 4. The normalized spacial score (nSPS) is 12.2. The number of carbonyl (C=O) groups is 1. The van der Waals surface area contributed by atoms with Crippen molar-refractivity contribution in [3.63, 3.8) is 0 Å². The Kier molecular flexibility index (Phi) is 7.97. The van der Waals surface area contributed by atoms with Gasteiger partial charge in [0, 0.05) is 31.3 Å². The van der Waals surface area contributed by atoms with Crippen LogP contribution in [0.25, 0.3) is 0 Å². The number of amides is 1. The van der Waals surface area contributed by atoms with Crippen molar-refractivity contribution in [2.75, 3.05) is 20.6 Å². The van der Waals surface area contributed by atoms with E-state index in [0.29, 0.717) is 17.5 Å². The summed E-state index contributed by atoms with van der Waals surface area (Å²) in [4.78, 5) is 28.3. The minimum absolute atomic E-state index is 0.0260. The maximum Gasteiger partial charge on any atom is 0.269 e. The minimum atomic E-state index is -0.445. The number of nitrogens with one attached hydrogen (secondary N) is 2. The van der Waals surface area contributed by atoms with E-state index < -0.39 is 4.92 Å². The fraction of sp³-hybridized carbons (Fsp3) is 0.300. The Bertz CT molecular complexity index is 884. The van der Waals surface area contributed by atoms with Crippen molar-refractivity contribution in [2.24, 2.45) is 4.99 Å². The van der Waals surface area contributed by atoms with Gasteiger partial charge in [0.05, 0.1) is 24.1 Å². The highest BCUT2D eigenvalue weighted by atomic mass is 35.5. The van der Waals surface area contributed by atoms with Crippen LogP contribution in [0.3, 0.4) is 0 Å². The molecule has 0 spiro atoms. The number of halogens is 1. The van der Waals surface area contributed by atoms with E-state index in [0.717, 1.165) is 11.1 Å². The van der Waals surface area contributed by atoms with Gasteiger partial charge in [-0.2, -0.15) is 0 Å². The molecule has 2 rings (SSSR count). The number of benzene rings is 2. The zero-order valence-electron chi connectivity index (χ0n) is 16.6. The van der Waals surface area contributed by atoms with Gasteiger partial charge in [0.1, 0.15) is 0 Å². The van der Waals surface area contributed by atoms with Gasteiger partial charge in [-0.25, -0.2) is 4.99 Å². The van der Waals surface area contributed by atoms with Gasteiger partial charge in [-0.05, 0) is 24.1 Å². The Morgan fingerprint density at radius 2 is 1.86 bits per heavy atom. The van der Waals surface area contributed by atoms with Gasteiger partial charge < -0.3 is 15.5 Å². The molecule has 0 fully saturated rings. The first-order chi connectivity index (χ1) is 13.8. The number of rotatable bonds is 7. The van der Waals surface area contributed by atoms with Gasteiger partial charge in [-0.15, -0.1) is 0 Å². The summed E-state index contributed by atoms with van der Waals surface area (Å²) in [6, 6.07) is 13.5. The molecule has 0 saturated heterocycles. The number of aliphatic imine (C=N–C) groups is 1. The van der Waals surface area contributed by atoms with Crippen molar-refractivity contribution in [1.82, 2.24) is 15.5 Å². The zero-order valence-corrected chi connectivity index (χ0v) is 17.3. The first kappa shape index (κ1) is 22.2. The summed E-state index contributed by atoms with van der Waals surface area (Å²) in [5.41, 5.74) is 1.73. The van der Waals surface area contributed by atoms with E-state index in [1.54, 1.807) is 26.2 Å². The van der Waals surface area contributed by atoms with Crippen molar-refractivity contribution in [2.45, 2.75) is 19.5 Å². The van der Waals surface area contributed by atoms with Crippen molar-refractivity contribution in [3.05, 3.63) is 74.8 Å². The van der Waals surface area contributed by atoms with Crippen molar-refractivity contribution < 1.29 is 9.72 Å². The largest absolute Gasteiger partial charge is 0.350 e. The Morgan fingerprint density at radius 3 is 2.45 bits per heavy atom. The maximum absolute atomic E-state index is 11.9. The molecule has 0 bridgehead atoms. The highest BCUT2D eigenvalue weighted by molar-refractivity contribution is 6.31. The second kappa shape index (κ2) is 10.4.